The highest BCUT2D eigenvalue weighted by molar-refractivity contribution is 5.91. The molecule has 17 heteroatoms. The quantitative estimate of drug-likeness (QED) is 0.159. The number of esters is 2. The van der Waals surface area contributed by atoms with Crippen molar-refractivity contribution >= 4 is 29.0 Å². The van der Waals surface area contributed by atoms with Crippen molar-refractivity contribution in [1.82, 2.24) is 0 Å². The van der Waals surface area contributed by atoms with E-state index in [9.17, 15) is 51.8 Å². The highest BCUT2D eigenvalue weighted by Crippen LogP contribution is 2.44. The fraction of sp³-hybridized carbons (Fsp3) is 0.333. The fourth-order valence-electron chi connectivity index (χ4n) is 2.89. The van der Waals surface area contributed by atoms with Crippen LogP contribution in [0.2, 0.25) is 0 Å². The maximum Gasteiger partial charge on any atom is 0.340 e. The summed E-state index contributed by atoms with van der Waals surface area (Å²) in [6, 6.07) is 2.84. The molecular weight excluding hydrogens is 533 g/mol. The molecule has 0 heterocycles. The van der Waals surface area contributed by atoms with E-state index in [1.165, 1.54) is 0 Å². The number of carbonyl (C=O) groups is 2. The van der Waals surface area contributed by atoms with Crippen molar-refractivity contribution < 1.29 is 55.6 Å². The van der Waals surface area contributed by atoms with Gasteiger partial charge in [0.15, 0.2) is 0 Å². The monoisotopic (exact) mass is 551 g/mol. The summed E-state index contributed by atoms with van der Waals surface area (Å²) in [5, 5.41) is 23.6. The Labute approximate surface area is 209 Å². The average molecular weight is 551 g/mol. The molecule has 1 unspecified atom stereocenters. The summed E-state index contributed by atoms with van der Waals surface area (Å²) in [5.41, 5.74) is -3.04. The molecule has 1 N–H and O–H groups in total. The van der Waals surface area contributed by atoms with Crippen LogP contribution in [-0.4, -0.2) is 61.2 Å². The van der Waals surface area contributed by atoms with Gasteiger partial charge in [0.05, 0.1) is 41.8 Å². The Kier molecular flexibility index (Phi) is 9.59. The minimum Gasteiger partial charge on any atom is -0.465 e. The number of nitrogens with zero attached hydrogens (tertiary/aromatic N) is 2. The number of rotatable bonds is 9. The van der Waals surface area contributed by atoms with E-state index >= 15 is 0 Å². The van der Waals surface area contributed by atoms with Crippen molar-refractivity contribution in [3.8, 4) is 0 Å². The van der Waals surface area contributed by atoms with Crippen LogP contribution in [0, 0.1) is 37.7 Å². The third-order valence-electron chi connectivity index (χ3n) is 4.79. The van der Waals surface area contributed by atoms with Gasteiger partial charge in [-0.1, -0.05) is 0 Å². The second-order valence-corrected chi connectivity index (χ2v) is 7.39. The summed E-state index contributed by atoms with van der Waals surface area (Å²) >= 11 is 0. The van der Waals surface area contributed by atoms with Gasteiger partial charge in [-0.05, 0) is 24.3 Å². The molecule has 0 saturated heterocycles. The van der Waals surface area contributed by atoms with E-state index in [0.717, 1.165) is 20.3 Å². The summed E-state index contributed by atoms with van der Waals surface area (Å²) in [6.07, 6.45) is -1.52. The number of carbonyl (C=O) groups excluding carboxylic acids is 2. The molecule has 0 amide bonds. The molecule has 1 saturated carbocycles. The largest absolute Gasteiger partial charge is 0.465 e. The molecule has 0 bridgehead atoms. The molecule has 0 aromatic heterocycles. The van der Waals surface area contributed by atoms with Gasteiger partial charge in [0, 0.05) is 13.0 Å². The van der Waals surface area contributed by atoms with Crippen LogP contribution in [0.4, 0.5) is 39.0 Å². The standard InChI is InChI=1S/C13H13F3N2O5.C8H5F2NO4/c1-22-12(19)7-4-8(14)11(18(20)21)9(5-7)17-2-3-23-10-6-13(10,15)16;1-15-8(12)4-2-5(9)7(11(13)14)6(10)3-4/h4-5,10,17H,2-3,6H2,1H3;2-3H,1H3. The molecule has 206 valence electrons. The van der Waals surface area contributed by atoms with Gasteiger partial charge >= 0.3 is 23.3 Å². The summed E-state index contributed by atoms with van der Waals surface area (Å²) < 4.78 is 78.4. The molecule has 0 spiro atoms. The number of alkyl halides is 2. The third kappa shape index (κ3) is 7.31. The lowest BCUT2D eigenvalue weighted by molar-refractivity contribution is -0.390. The molecule has 2 aromatic rings. The molecule has 1 aliphatic carbocycles. The minimum absolute atomic E-state index is 0.0719. The molecule has 1 aliphatic rings. The number of benzene rings is 2. The fourth-order valence-corrected chi connectivity index (χ4v) is 2.89. The van der Waals surface area contributed by atoms with Crippen LogP contribution in [0.3, 0.4) is 0 Å². The molecule has 1 atom stereocenters. The lowest BCUT2D eigenvalue weighted by Gasteiger charge is -2.10. The second kappa shape index (κ2) is 12.2. The van der Waals surface area contributed by atoms with Crippen LogP contribution in [0.1, 0.15) is 27.1 Å². The number of nitro groups is 2. The van der Waals surface area contributed by atoms with Gasteiger partial charge in [0.1, 0.15) is 11.8 Å². The molecule has 2 aromatic carbocycles. The van der Waals surface area contributed by atoms with Gasteiger partial charge in [-0.15, -0.1) is 0 Å². The van der Waals surface area contributed by atoms with E-state index in [1.807, 2.05) is 0 Å². The van der Waals surface area contributed by atoms with Crippen LogP contribution in [0.15, 0.2) is 24.3 Å². The molecule has 3 rings (SSSR count). The van der Waals surface area contributed by atoms with Gasteiger partial charge < -0.3 is 19.5 Å². The smallest absolute Gasteiger partial charge is 0.340 e. The number of hydrogen-bond donors (Lipinski definition) is 1. The number of halogens is 5. The van der Waals surface area contributed by atoms with Crippen LogP contribution < -0.4 is 5.32 Å². The zero-order chi connectivity index (χ0) is 28.8. The maximum absolute atomic E-state index is 13.8. The number of hydrogen-bond acceptors (Lipinski definition) is 10. The van der Waals surface area contributed by atoms with Crippen LogP contribution >= 0.6 is 0 Å². The first-order valence-electron chi connectivity index (χ1n) is 10.2. The number of nitro benzene ring substituents is 2. The third-order valence-corrected chi connectivity index (χ3v) is 4.79. The molecule has 38 heavy (non-hydrogen) atoms. The normalized spacial score (nSPS) is 15.0. The van der Waals surface area contributed by atoms with Gasteiger partial charge in [0.2, 0.25) is 17.5 Å². The minimum atomic E-state index is -2.83. The summed E-state index contributed by atoms with van der Waals surface area (Å²) in [7, 11) is 2.11. The molecule has 12 nitrogen and oxygen atoms in total. The first kappa shape index (κ1) is 29.8. The van der Waals surface area contributed by atoms with Crippen molar-refractivity contribution in [3.05, 3.63) is 73.1 Å². The van der Waals surface area contributed by atoms with Crippen molar-refractivity contribution in [2.75, 3.05) is 32.7 Å². The Morgan fingerprint density at radius 3 is 1.74 bits per heavy atom. The zero-order valence-electron chi connectivity index (χ0n) is 19.5. The van der Waals surface area contributed by atoms with Crippen molar-refractivity contribution in [3.63, 3.8) is 0 Å². The van der Waals surface area contributed by atoms with Gasteiger partial charge in [0.25, 0.3) is 5.92 Å². The van der Waals surface area contributed by atoms with Gasteiger partial charge in [-0.2, -0.15) is 13.2 Å². The zero-order valence-corrected chi connectivity index (χ0v) is 19.5. The van der Waals surface area contributed by atoms with Crippen LogP contribution in [-0.2, 0) is 14.2 Å². The van der Waals surface area contributed by atoms with Gasteiger partial charge in [-0.25, -0.2) is 18.4 Å². The average Bonchev–Trinajstić information content (AvgIpc) is 3.45. The Balaban J connectivity index is 0.000000293. The number of nitrogens with one attached hydrogen (secondary N) is 1. The Bertz CT molecular complexity index is 1240. The Hall–Kier alpha value is -4.41. The van der Waals surface area contributed by atoms with Crippen LogP contribution in [0.5, 0.6) is 0 Å². The topological polar surface area (TPSA) is 160 Å². The van der Waals surface area contributed by atoms with Crippen molar-refractivity contribution in [2.24, 2.45) is 0 Å². The van der Waals surface area contributed by atoms with E-state index in [-0.39, 0.29) is 30.8 Å². The first-order chi connectivity index (χ1) is 17.7. The second-order valence-electron chi connectivity index (χ2n) is 7.39. The summed E-state index contributed by atoms with van der Waals surface area (Å²) in [4.78, 5) is 41.2. The van der Waals surface area contributed by atoms with E-state index in [1.54, 1.807) is 0 Å². The van der Waals surface area contributed by atoms with Crippen molar-refractivity contribution in [2.45, 2.75) is 18.4 Å². The predicted molar refractivity (Wildman–Crippen MR) is 117 cm³/mol. The molecule has 0 radical (unpaired) electrons. The first-order valence-corrected chi connectivity index (χ1v) is 10.2. The van der Waals surface area contributed by atoms with Gasteiger partial charge in [-0.3, -0.25) is 20.2 Å². The predicted octanol–water partition coefficient (Wildman–Crippen LogP) is 4.02. The van der Waals surface area contributed by atoms with E-state index in [4.69, 9.17) is 4.74 Å². The van der Waals surface area contributed by atoms with Crippen LogP contribution in [0.25, 0.3) is 0 Å². The highest BCUT2D eigenvalue weighted by Gasteiger charge is 2.58. The number of methoxy groups -OCH3 is 2. The van der Waals surface area contributed by atoms with E-state index < -0.39 is 68.2 Å². The maximum atomic E-state index is 13.8. The molecule has 0 aliphatic heterocycles. The SMILES string of the molecule is COC(=O)c1cc(F)c([N+](=O)[O-])c(F)c1.COC(=O)c1cc(F)c([N+](=O)[O-])c(NCCOC2CC2(F)F)c1. The lowest BCUT2D eigenvalue weighted by Crippen LogP contribution is -2.15. The molecule has 1 fully saturated rings. The highest BCUT2D eigenvalue weighted by atomic mass is 19.3. The number of anilines is 1. The summed E-state index contributed by atoms with van der Waals surface area (Å²) in [6.45, 7) is -0.223. The van der Waals surface area contributed by atoms with Crippen molar-refractivity contribution in [1.29, 1.82) is 0 Å². The Morgan fingerprint density at radius 2 is 1.34 bits per heavy atom. The van der Waals surface area contributed by atoms with E-state index in [0.29, 0.717) is 18.2 Å². The molecular formula is C21H18F5N3O9. The lowest BCUT2D eigenvalue weighted by atomic mass is 10.1. The number of ether oxygens (including phenoxy) is 3. The summed E-state index contributed by atoms with van der Waals surface area (Å²) in [5.74, 6) is -8.71. The Morgan fingerprint density at radius 1 is 0.921 bits per heavy atom. The van der Waals surface area contributed by atoms with E-state index in [2.05, 4.69) is 14.8 Å².